The van der Waals surface area contributed by atoms with Gasteiger partial charge in [0.1, 0.15) is 11.6 Å². The number of halogens is 1. The van der Waals surface area contributed by atoms with Crippen molar-refractivity contribution >= 4 is 0 Å². The summed E-state index contributed by atoms with van der Waals surface area (Å²) in [6, 6.07) is 11.8. The molecule has 2 nitrogen and oxygen atoms in total. The minimum absolute atomic E-state index is 0.193. The molecule has 0 amide bonds. The summed E-state index contributed by atoms with van der Waals surface area (Å²) < 4.78 is 20.1. The first-order valence-corrected chi connectivity index (χ1v) is 7.42. The van der Waals surface area contributed by atoms with Gasteiger partial charge in [-0.2, -0.15) is 0 Å². The van der Waals surface area contributed by atoms with Crippen molar-refractivity contribution in [3.8, 4) is 16.9 Å². The van der Waals surface area contributed by atoms with Crippen molar-refractivity contribution in [2.24, 2.45) is 0 Å². The third kappa shape index (κ3) is 2.93. The Labute approximate surface area is 125 Å². The standard InChI is InChI=1S/C18H20FNO/c1-12(2)20-11-13-6-7-15(17(19)10-13)16-5-3-4-14-8-9-21-18(14)16/h3-7,10,12,20H,8-9,11H2,1-2H3. The van der Waals surface area contributed by atoms with Crippen LogP contribution in [-0.4, -0.2) is 12.6 Å². The molecule has 1 heterocycles. The van der Waals surface area contributed by atoms with Gasteiger partial charge in [-0.1, -0.05) is 44.2 Å². The predicted molar refractivity (Wildman–Crippen MR) is 83.0 cm³/mol. The number of benzene rings is 2. The summed E-state index contributed by atoms with van der Waals surface area (Å²) in [7, 11) is 0. The molecule has 21 heavy (non-hydrogen) atoms. The lowest BCUT2D eigenvalue weighted by atomic mass is 9.99. The molecule has 2 aromatic carbocycles. The van der Waals surface area contributed by atoms with E-state index in [-0.39, 0.29) is 5.82 Å². The van der Waals surface area contributed by atoms with Crippen LogP contribution in [0.1, 0.15) is 25.0 Å². The highest BCUT2D eigenvalue weighted by molar-refractivity contribution is 5.73. The Morgan fingerprint density at radius 1 is 1.19 bits per heavy atom. The Morgan fingerprint density at radius 3 is 2.81 bits per heavy atom. The van der Waals surface area contributed by atoms with E-state index < -0.39 is 0 Å². The van der Waals surface area contributed by atoms with Crippen molar-refractivity contribution in [2.45, 2.75) is 32.9 Å². The minimum Gasteiger partial charge on any atom is -0.492 e. The molecule has 1 N–H and O–H groups in total. The lowest BCUT2D eigenvalue weighted by Crippen LogP contribution is -2.21. The molecule has 0 radical (unpaired) electrons. The Bertz CT molecular complexity index is 652. The SMILES string of the molecule is CC(C)NCc1ccc(-c2cccc3c2OCC3)c(F)c1. The monoisotopic (exact) mass is 285 g/mol. The first-order chi connectivity index (χ1) is 10.1. The van der Waals surface area contributed by atoms with E-state index in [0.717, 1.165) is 28.9 Å². The number of hydrogen-bond acceptors (Lipinski definition) is 2. The van der Waals surface area contributed by atoms with Crippen molar-refractivity contribution in [3.05, 3.63) is 53.3 Å². The number of rotatable bonds is 4. The topological polar surface area (TPSA) is 21.3 Å². The summed E-state index contributed by atoms with van der Waals surface area (Å²) in [5, 5.41) is 3.30. The fourth-order valence-corrected chi connectivity index (χ4v) is 2.64. The maximum absolute atomic E-state index is 14.4. The molecule has 0 spiro atoms. The maximum atomic E-state index is 14.4. The molecule has 2 aromatic rings. The molecule has 0 saturated heterocycles. The molecule has 110 valence electrons. The van der Waals surface area contributed by atoms with Gasteiger partial charge in [0.05, 0.1) is 6.61 Å². The normalized spacial score (nSPS) is 13.3. The number of nitrogens with one attached hydrogen (secondary N) is 1. The van der Waals surface area contributed by atoms with Crippen LogP contribution >= 0.6 is 0 Å². The van der Waals surface area contributed by atoms with Gasteiger partial charge in [0.2, 0.25) is 0 Å². The van der Waals surface area contributed by atoms with Gasteiger partial charge in [-0.05, 0) is 17.2 Å². The van der Waals surface area contributed by atoms with Gasteiger partial charge in [-0.25, -0.2) is 4.39 Å². The minimum atomic E-state index is -0.193. The average molecular weight is 285 g/mol. The van der Waals surface area contributed by atoms with Crippen LogP contribution in [0.4, 0.5) is 4.39 Å². The highest BCUT2D eigenvalue weighted by atomic mass is 19.1. The van der Waals surface area contributed by atoms with Crippen molar-refractivity contribution in [1.29, 1.82) is 0 Å². The van der Waals surface area contributed by atoms with E-state index in [0.29, 0.717) is 24.8 Å². The third-order valence-corrected chi connectivity index (χ3v) is 3.75. The van der Waals surface area contributed by atoms with Crippen LogP contribution < -0.4 is 10.1 Å². The highest BCUT2D eigenvalue weighted by Crippen LogP contribution is 2.37. The first kappa shape index (κ1) is 14.1. The molecule has 0 fully saturated rings. The van der Waals surface area contributed by atoms with E-state index in [2.05, 4.69) is 19.2 Å². The molecule has 0 atom stereocenters. The summed E-state index contributed by atoms with van der Waals surface area (Å²) in [5.41, 5.74) is 3.59. The summed E-state index contributed by atoms with van der Waals surface area (Å²) in [5.74, 6) is 0.645. The zero-order chi connectivity index (χ0) is 14.8. The van der Waals surface area contributed by atoms with Crippen LogP contribution in [0.2, 0.25) is 0 Å². The van der Waals surface area contributed by atoms with Crippen LogP contribution in [0.5, 0.6) is 5.75 Å². The summed E-state index contributed by atoms with van der Waals surface area (Å²) in [4.78, 5) is 0. The van der Waals surface area contributed by atoms with Crippen molar-refractivity contribution in [2.75, 3.05) is 6.61 Å². The molecule has 1 aliphatic rings. The van der Waals surface area contributed by atoms with Crippen LogP contribution in [0.3, 0.4) is 0 Å². The second-order valence-electron chi connectivity index (χ2n) is 5.74. The van der Waals surface area contributed by atoms with Crippen LogP contribution in [-0.2, 0) is 13.0 Å². The Kier molecular flexibility index (Phi) is 3.93. The Balaban J connectivity index is 1.92. The number of ether oxygens (including phenoxy) is 1. The largest absolute Gasteiger partial charge is 0.492 e. The molecule has 3 heteroatoms. The van der Waals surface area contributed by atoms with Crippen molar-refractivity contribution in [3.63, 3.8) is 0 Å². The molecule has 0 bridgehead atoms. The average Bonchev–Trinajstić information content (AvgIpc) is 2.94. The fraction of sp³-hybridized carbons (Fsp3) is 0.333. The van der Waals surface area contributed by atoms with E-state index in [4.69, 9.17) is 4.74 Å². The number of hydrogen-bond donors (Lipinski definition) is 1. The maximum Gasteiger partial charge on any atom is 0.131 e. The second-order valence-corrected chi connectivity index (χ2v) is 5.74. The van der Waals surface area contributed by atoms with Gasteiger partial charge >= 0.3 is 0 Å². The number of fused-ring (bicyclic) bond motifs is 1. The summed E-state index contributed by atoms with van der Waals surface area (Å²) in [6.07, 6.45) is 0.904. The van der Waals surface area contributed by atoms with E-state index >= 15 is 0 Å². The lowest BCUT2D eigenvalue weighted by Gasteiger charge is -2.12. The predicted octanol–water partition coefficient (Wildman–Crippen LogP) is 3.93. The summed E-state index contributed by atoms with van der Waals surface area (Å²) >= 11 is 0. The van der Waals surface area contributed by atoms with Gasteiger partial charge in [0, 0.05) is 30.1 Å². The van der Waals surface area contributed by atoms with E-state index in [1.165, 1.54) is 0 Å². The van der Waals surface area contributed by atoms with Gasteiger partial charge < -0.3 is 10.1 Å². The second kappa shape index (κ2) is 5.86. The molecule has 3 rings (SSSR count). The molecule has 0 unspecified atom stereocenters. The van der Waals surface area contributed by atoms with Crippen LogP contribution in [0, 0.1) is 5.82 Å². The highest BCUT2D eigenvalue weighted by Gasteiger charge is 2.18. The third-order valence-electron chi connectivity index (χ3n) is 3.75. The van der Waals surface area contributed by atoms with Gasteiger partial charge in [-0.3, -0.25) is 0 Å². The van der Waals surface area contributed by atoms with E-state index in [1.807, 2.05) is 30.3 Å². The van der Waals surface area contributed by atoms with E-state index in [1.54, 1.807) is 6.07 Å². The molecule has 1 aliphatic heterocycles. The zero-order valence-corrected chi connectivity index (χ0v) is 12.4. The lowest BCUT2D eigenvalue weighted by molar-refractivity contribution is 0.358. The van der Waals surface area contributed by atoms with Crippen LogP contribution in [0.25, 0.3) is 11.1 Å². The first-order valence-electron chi connectivity index (χ1n) is 7.42. The smallest absolute Gasteiger partial charge is 0.131 e. The van der Waals surface area contributed by atoms with Gasteiger partial charge in [0.25, 0.3) is 0 Å². The summed E-state index contributed by atoms with van der Waals surface area (Å²) in [6.45, 7) is 5.52. The van der Waals surface area contributed by atoms with Crippen molar-refractivity contribution < 1.29 is 9.13 Å². The van der Waals surface area contributed by atoms with E-state index in [9.17, 15) is 4.39 Å². The van der Waals surface area contributed by atoms with Gasteiger partial charge in [0.15, 0.2) is 0 Å². The molecular weight excluding hydrogens is 265 g/mol. The van der Waals surface area contributed by atoms with Crippen molar-refractivity contribution in [1.82, 2.24) is 5.32 Å². The Hall–Kier alpha value is -1.87. The molecule has 0 aromatic heterocycles. The number of para-hydroxylation sites is 1. The zero-order valence-electron chi connectivity index (χ0n) is 12.4. The van der Waals surface area contributed by atoms with Crippen LogP contribution in [0.15, 0.2) is 36.4 Å². The molecule has 0 saturated carbocycles. The Morgan fingerprint density at radius 2 is 2.05 bits per heavy atom. The molecular formula is C18H20FNO. The quantitative estimate of drug-likeness (QED) is 0.919. The fourth-order valence-electron chi connectivity index (χ4n) is 2.64. The molecule has 0 aliphatic carbocycles. The van der Waals surface area contributed by atoms with Gasteiger partial charge in [-0.15, -0.1) is 0 Å².